The highest BCUT2D eigenvalue weighted by atomic mass is 32.2. The Labute approximate surface area is 116 Å². The molecule has 96 valence electrons. The maximum atomic E-state index is 6.09. The van der Waals surface area contributed by atoms with Gasteiger partial charge in [0.1, 0.15) is 0 Å². The number of nitrogens with two attached hydrogens (primary N) is 1. The molecule has 0 aromatic carbocycles. The molecule has 2 N–H and O–H groups in total. The van der Waals surface area contributed by atoms with Crippen LogP contribution in [0, 0.1) is 13.8 Å². The van der Waals surface area contributed by atoms with Crippen molar-refractivity contribution in [2.45, 2.75) is 37.2 Å². The lowest BCUT2D eigenvalue weighted by molar-refractivity contribution is 0.725. The average molecular weight is 279 g/mol. The number of hydrogen-bond donors (Lipinski definition) is 1. The summed E-state index contributed by atoms with van der Waals surface area (Å²) < 4.78 is 0. The Hall–Kier alpha value is -0.910. The standard InChI is InChI=1S/C13H17N3S2/c1-8-6-7-15-13(16-8)18-12(10(3)14)11-5-4-9(2)17-11/h4-7,10,12H,14H2,1-3H3. The molecule has 2 rings (SSSR count). The van der Waals surface area contributed by atoms with Crippen LogP contribution in [0.3, 0.4) is 0 Å². The molecule has 2 unspecified atom stereocenters. The van der Waals surface area contributed by atoms with Gasteiger partial charge < -0.3 is 5.73 Å². The summed E-state index contributed by atoms with van der Waals surface area (Å²) >= 11 is 3.43. The largest absolute Gasteiger partial charge is 0.327 e. The quantitative estimate of drug-likeness (QED) is 0.689. The van der Waals surface area contributed by atoms with Crippen LogP contribution >= 0.6 is 23.1 Å². The van der Waals surface area contributed by atoms with Crippen molar-refractivity contribution in [2.24, 2.45) is 5.73 Å². The van der Waals surface area contributed by atoms with Crippen LogP contribution in [-0.2, 0) is 0 Å². The minimum absolute atomic E-state index is 0.0668. The molecule has 0 fully saturated rings. The minimum Gasteiger partial charge on any atom is -0.327 e. The lowest BCUT2D eigenvalue weighted by Gasteiger charge is -2.17. The van der Waals surface area contributed by atoms with Crippen molar-refractivity contribution in [3.8, 4) is 0 Å². The minimum atomic E-state index is 0.0668. The Morgan fingerprint density at radius 3 is 2.61 bits per heavy atom. The van der Waals surface area contributed by atoms with E-state index in [1.807, 2.05) is 19.9 Å². The molecule has 0 aliphatic rings. The summed E-state index contributed by atoms with van der Waals surface area (Å²) in [6, 6.07) is 6.25. The molecule has 0 aliphatic carbocycles. The number of thioether (sulfide) groups is 1. The first kappa shape index (κ1) is 13.5. The Bertz CT molecular complexity index is 522. The Morgan fingerprint density at radius 2 is 2.06 bits per heavy atom. The highest BCUT2D eigenvalue weighted by Gasteiger charge is 2.20. The maximum absolute atomic E-state index is 6.09. The van der Waals surface area contributed by atoms with E-state index >= 15 is 0 Å². The highest BCUT2D eigenvalue weighted by molar-refractivity contribution is 7.99. The van der Waals surface area contributed by atoms with E-state index in [2.05, 4.69) is 29.0 Å². The van der Waals surface area contributed by atoms with E-state index in [1.165, 1.54) is 9.75 Å². The van der Waals surface area contributed by atoms with Gasteiger partial charge in [-0.05, 0) is 39.0 Å². The molecule has 3 nitrogen and oxygen atoms in total. The van der Waals surface area contributed by atoms with Crippen LogP contribution in [0.2, 0.25) is 0 Å². The fraction of sp³-hybridized carbons (Fsp3) is 0.385. The molecule has 0 saturated heterocycles. The van der Waals surface area contributed by atoms with Gasteiger partial charge in [0.2, 0.25) is 0 Å². The summed E-state index contributed by atoms with van der Waals surface area (Å²) in [6.07, 6.45) is 1.79. The number of nitrogens with zero attached hydrogens (tertiary/aromatic N) is 2. The molecule has 0 saturated carbocycles. The summed E-state index contributed by atoms with van der Waals surface area (Å²) in [7, 11) is 0. The second-order valence-corrected chi connectivity index (χ2v) is 6.75. The molecule has 0 amide bonds. The van der Waals surface area contributed by atoms with Gasteiger partial charge >= 0.3 is 0 Å². The van der Waals surface area contributed by atoms with Crippen molar-refractivity contribution in [1.29, 1.82) is 0 Å². The van der Waals surface area contributed by atoms with Crippen molar-refractivity contribution in [2.75, 3.05) is 0 Å². The fourth-order valence-corrected chi connectivity index (χ4v) is 3.85. The molecule has 0 bridgehead atoms. The van der Waals surface area contributed by atoms with E-state index in [0.29, 0.717) is 0 Å². The third-order valence-electron chi connectivity index (χ3n) is 2.52. The Kier molecular flexibility index (Phi) is 4.37. The highest BCUT2D eigenvalue weighted by Crippen LogP contribution is 2.38. The van der Waals surface area contributed by atoms with E-state index < -0.39 is 0 Å². The molecule has 5 heteroatoms. The van der Waals surface area contributed by atoms with Gasteiger partial charge in [0, 0.05) is 27.7 Å². The molecule has 0 spiro atoms. The number of rotatable bonds is 4. The number of thiophene rings is 1. The van der Waals surface area contributed by atoms with Gasteiger partial charge in [-0.3, -0.25) is 0 Å². The molecular formula is C13H17N3S2. The van der Waals surface area contributed by atoms with Gasteiger partial charge in [0.05, 0.1) is 5.25 Å². The van der Waals surface area contributed by atoms with Crippen LogP contribution in [0.1, 0.15) is 27.6 Å². The molecule has 2 atom stereocenters. The van der Waals surface area contributed by atoms with Crippen LogP contribution in [-0.4, -0.2) is 16.0 Å². The molecule has 2 aromatic rings. The maximum Gasteiger partial charge on any atom is 0.188 e. The molecule has 2 aromatic heterocycles. The lowest BCUT2D eigenvalue weighted by Crippen LogP contribution is -2.22. The first-order chi connectivity index (χ1) is 8.56. The molecular weight excluding hydrogens is 262 g/mol. The zero-order valence-electron chi connectivity index (χ0n) is 10.8. The van der Waals surface area contributed by atoms with Gasteiger partial charge in [-0.2, -0.15) is 0 Å². The normalized spacial score (nSPS) is 14.4. The van der Waals surface area contributed by atoms with Crippen LogP contribution in [0.4, 0.5) is 0 Å². The second kappa shape index (κ2) is 5.82. The van der Waals surface area contributed by atoms with Crippen molar-refractivity contribution < 1.29 is 0 Å². The van der Waals surface area contributed by atoms with E-state index in [9.17, 15) is 0 Å². The third kappa shape index (κ3) is 3.31. The SMILES string of the molecule is Cc1ccnc(SC(c2ccc(C)s2)C(C)N)n1. The van der Waals surface area contributed by atoms with Crippen molar-refractivity contribution >= 4 is 23.1 Å². The zero-order valence-corrected chi connectivity index (χ0v) is 12.4. The monoisotopic (exact) mass is 279 g/mol. The average Bonchev–Trinajstić information content (AvgIpc) is 2.72. The molecule has 18 heavy (non-hydrogen) atoms. The third-order valence-corrected chi connectivity index (χ3v) is 5.10. The van der Waals surface area contributed by atoms with Gasteiger partial charge in [0.25, 0.3) is 0 Å². The summed E-state index contributed by atoms with van der Waals surface area (Å²) in [4.78, 5) is 11.3. The number of aryl methyl sites for hydroxylation is 2. The number of aromatic nitrogens is 2. The molecule has 0 radical (unpaired) electrons. The van der Waals surface area contributed by atoms with Gasteiger partial charge in [-0.25, -0.2) is 9.97 Å². The molecule has 0 aliphatic heterocycles. The van der Waals surface area contributed by atoms with Crippen LogP contribution < -0.4 is 5.73 Å². The first-order valence-corrected chi connectivity index (χ1v) is 7.54. The fourth-order valence-electron chi connectivity index (χ4n) is 1.63. The van der Waals surface area contributed by atoms with E-state index in [-0.39, 0.29) is 11.3 Å². The van der Waals surface area contributed by atoms with Gasteiger partial charge in [-0.1, -0.05) is 11.8 Å². The Balaban J connectivity index is 2.22. The lowest BCUT2D eigenvalue weighted by atomic mass is 10.2. The molecule has 2 heterocycles. The van der Waals surface area contributed by atoms with Crippen molar-refractivity contribution in [3.63, 3.8) is 0 Å². The van der Waals surface area contributed by atoms with Gasteiger partial charge in [0.15, 0.2) is 5.16 Å². The smallest absolute Gasteiger partial charge is 0.188 e. The zero-order chi connectivity index (χ0) is 13.1. The Morgan fingerprint density at radius 1 is 1.28 bits per heavy atom. The summed E-state index contributed by atoms with van der Waals surface area (Å²) in [5.41, 5.74) is 7.08. The topological polar surface area (TPSA) is 51.8 Å². The summed E-state index contributed by atoms with van der Waals surface area (Å²) in [6.45, 7) is 6.12. The van der Waals surface area contributed by atoms with Crippen LogP contribution in [0.15, 0.2) is 29.6 Å². The van der Waals surface area contributed by atoms with Gasteiger partial charge in [-0.15, -0.1) is 11.3 Å². The van der Waals surface area contributed by atoms with E-state index in [0.717, 1.165) is 10.9 Å². The van der Waals surface area contributed by atoms with Crippen LogP contribution in [0.5, 0.6) is 0 Å². The van der Waals surface area contributed by atoms with Crippen molar-refractivity contribution in [3.05, 3.63) is 39.8 Å². The van der Waals surface area contributed by atoms with Crippen LogP contribution in [0.25, 0.3) is 0 Å². The van der Waals surface area contributed by atoms with E-state index in [4.69, 9.17) is 5.73 Å². The number of hydrogen-bond acceptors (Lipinski definition) is 5. The second-order valence-electron chi connectivity index (χ2n) is 4.33. The van der Waals surface area contributed by atoms with E-state index in [1.54, 1.807) is 29.3 Å². The first-order valence-electron chi connectivity index (χ1n) is 5.84. The summed E-state index contributed by atoms with van der Waals surface area (Å²) in [5.74, 6) is 0. The van der Waals surface area contributed by atoms with Crippen molar-refractivity contribution in [1.82, 2.24) is 9.97 Å². The predicted molar refractivity (Wildman–Crippen MR) is 78.1 cm³/mol. The summed E-state index contributed by atoms with van der Waals surface area (Å²) in [5, 5.41) is 1.01. The predicted octanol–water partition coefficient (Wildman–Crippen LogP) is 3.34.